The Bertz CT molecular complexity index is 1390. The number of carbonyl (C=O) groups excluding carboxylic acids is 2. The van der Waals surface area contributed by atoms with Gasteiger partial charge in [0.15, 0.2) is 5.65 Å². The van der Waals surface area contributed by atoms with Crippen LogP contribution in [0.5, 0.6) is 0 Å². The van der Waals surface area contributed by atoms with E-state index in [1.807, 2.05) is 30.5 Å². The predicted octanol–water partition coefficient (Wildman–Crippen LogP) is 5.36. The van der Waals surface area contributed by atoms with Gasteiger partial charge in [-0.1, -0.05) is 58.7 Å². The number of hydrogen-bond donors (Lipinski definition) is 3. The monoisotopic (exact) mass is 558 g/mol. The van der Waals surface area contributed by atoms with Crippen molar-refractivity contribution in [2.24, 2.45) is 5.92 Å². The quantitative estimate of drug-likeness (QED) is 0.303. The summed E-state index contributed by atoms with van der Waals surface area (Å²) in [6.07, 6.45) is 10.7. The standard InChI is InChI=1S/C31H42N8O2/c1-5-27(40)38-15-14-21(4)16-26(38)29(41)34-24-13-9-10-22(17-24)18-32-31-37-30(35-23-11-7-6-8-12-23)36-28-25(20(2)3)19-33-39(28)31/h5,9-10,13,17,19-21,23,26H,1,6-8,11-12,14-16,18H2,2-4H3,(H,34,41)(H2,32,35,36,37). The highest BCUT2D eigenvalue weighted by atomic mass is 16.2. The van der Waals surface area contributed by atoms with Gasteiger partial charge in [-0.2, -0.15) is 19.6 Å². The van der Waals surface area contributed by atoms with E-state index in [2.05, 4.69) is 48.4 Å². The minimum atomic E-state index is -0.509. The van der Waals surface area contributed by atoms with E-state index in [0.29, 0.717) is 49.1 Å². The summed E-state index contributed by atoms with van der Waals surface area (Å²) in [5.74, 6) is 1.51. The van der Waals surface area contributed by atoms with Crippen molar-refractivity contribution in [2.75, 3.05) is 22.5 Å². The molecule has 2 aliphatic rings. The zero-order chi connectivity index (χ0) is 28.9. The summed E-state index contributed by atoms with van der Waals surface area (Å²) in [7, 11) is 0. The molecule has 10 nitrogen and oxygen atoms in total. The first-order valence-electron chi connectivity index (χ1n) is 14.9. The van der Waals surface area contributed by atoms with Crippen LogP contribution in [0, 0.1) is 5.92 Å². The van der Waals surface area contributed by atoms with Gasteiger partial charge < -0.3 is 20.9 Å². The number of amides is 2. The number of aromatic nitrogens is 4. The number of likely N-dealkylation sites (tertiary alicyclic amines) is 1. The first-order chi connectivity index (χ1) is 19.8. The van der Waals surface area contributed by atoms with Gasteiger partial charge >= 0.3 is 0 Å². The molecule has 3 aromatic rings. The Kier molecular flexibility index (Phi) is 8.85. The van der Waals surface area contributed by atoms with Crippen LogP contribution in [-0.2, 0) is 16.1 Å². The van der Waals surface area contributed by atoms with Gasteiger partial charge in [-0.05, 0) is 61.3 Å². The molecule has 218 valence electrons. The fourth-order valence-corrected chi connectivity index (χ4v) is 5.85. The van der Waals surface area contributed by atoms with E-state index in [-0.39, 0.29) is 17.7 Å². The summed E-state index contributed by atoms with van der Waals surface area (Å²) in [4.78, 5) is 36.9. The van der Waals surface area contributed by atoms with Crippen LogP contribution in [0.2, 0.25) is 0 Å². The molecular formula is C31H42N8O2. The third-order valence-electron chi connectivity index (χ3n) is 8.23. The summed E-state index contributed by atoms with van der Waals surface area (Å²) >= 11 is 0. The summed E-state index contributed by atoms with van der Waals surface area (Å²) in [6, 6.07) is 7.60. The molecule has 2 atom stereocenters. The maximum absolute atomic E-state index is 13.2. The third kappa shape index (κ3) is 6.69. The van der Waals surface area contributed by atoms with Crippen molar-refractivity contribution in [1.29, 1.82) is 0 Å². The highest BCUT2D eigenvalue weighted by Gasteiger charge is 2.34. The van der Waals surface area contributed by atoms with Crippen molar-refractivity contribution in [2.45, 2.75) is 90.3 Å². The molecule has 5 rings (SSSR count). The molecular weight excluding hydrogens is 516 g/mol. The second-order valence-electron chi connectivity index (χ2n) is 11.8. The molecule has 0 spiro atoms. The van der Waals surface area contributed by atoms with Crippen molar-refractivity contribution in [3.05, 3.63) is 54.2 Å². The van der Waals surface area contributed by atoms with Crippen molar-refractivity contribution in [3.8, 4) is 0 Å². The molecule has 1 aromatic carbocycles. The lowest BCUT2D eigenvalue weighted by Crippen LogP contribution is -2.51. The lowest BCUT2D eigenvalue weighted by Gasteiger charge is -2.37. The maximum atomic E-state index is 13.2. The zero-order valence-corrected chi connectivity index (χ0v) is 24.4. The normalized spacial score (nSPS) is 19.8. The highest BCUT2D eigenvalue weighted by molar-refractivity contribution is 5.99. The lowest BCUT2D eigenvalue weighted by molar-refractivity contribution is -0.137. The predicted molar refractivity (Wildman–Crippen MR) is 162 cm³/mol. The maximum Gasteiger partial charge on any atom is 0.247 e. The number of piperidine rings is 1. The SMILES string of the molecule is C=CC(=O)N1CCC(C)CC1C(=O)Nc1cccc(CNc2nc(NC3CCCCC3)nc3c(C(C)C)cnn23)c1. The lowest BCUT2D eigenvalue weighted by atomic mass is 9.91. The average Bonchev–Trinajstić information content (AvgIpc) is 3.41. The van der Waals surface area contributed by atoms with Gasteiger partial charge in [-0.3, -0.25) is 9.59 Å². The number of carbonyl (C=O) groups is 2. The molecule has 0 radical (unpaired) electrons. The number of rotatable bonds is 9. The van der Waals surface area contributed by atoms with E-state index in [0.717, 1.165) is 36.0 Å². The van der Waals surface area contributed by atoms with E-state index < -0.39 is 6.04 Å². The molecule has 3 N–H and O–H groups in total. The van der Waals surface area contributed by atoms with Crippen molar-refractivity contribution >= 4 is 35.0 Å². The van der Waals surface area contributed by atoms with E-state index in [1.54, 1.807) is 9.42 Å². The fourth-order valence-electron chi connectivity index (χ4n) is 5.85. The van der Waals surface area contributed by atoms with Crippen molar-refractivity contribution < 1.29 is 9.59 Å². The number of anilines is 3. The van der Waals surface area contributed by atoms with Gasteiger partial charge in [0.2, 0.25) is 23.7 Å². The van der Waals surface area contributed by atoms with Crippen LogP contribution >= 0.6 is 0 Å². The number of nitrogens with one attached hydrogen (secondary N) is 3. The molecule has 1 saturated heterocycles. The number of benzene rings is 1. The van der Waals surface area contributed by atoms with Gasteiger partial charge in [-0.15, -0.1) is 0 Å². The minimum absolute atomic E-state index is 0.175. The summed E-state index contributed by atoms with van der Waals surface area (Å²) in [6.45, 7) is 11.0. The molecule has 2 amide bonds. The van der Waals surface area contributed by atoms with Crippen LogP contribution in [0.4, 0.5) is 17.6 Å². The number of nitrogens with zero attached hydrogens (tertiary/aromatic N) is 5. The Morgan fingerprint density at radius 2 is 1.95 bits per heavy atom. The topological polar surface area (TPSA) is 117 Å². The van der Waals surface area contributed by atoms with Crippen LogP contribution in [0.3, 0.4) is 0 Å². The summed E-state index contributed by atoms with van der Waals surface area (Å²) in [5.41, 5.74) is 3.54. The Balaban J connectivity index is 1.32. The molecule has 1 aliphatic carbocycles. The van der Waals surface area contributed by atoms with Crippen LogP contribution in [-0.4, -0.2) is 54.9 Å². The largest absolute Gasteiger partial charge is 0.351 e. The van der Waals surface area contributed by atoms with Crippen molar-refractivity contribution in [3.63, 3.8) is 0 Å². The molecule has 10 heteroatoms. The Morgan fingerprint density at radius 1 is 1.15 bits per heavy atom. The minimum Gasteiger partial charge on any atom is -0.351 e. The third-order valence-corrected chi connectivity index (χ3v) is 8.23. The second kappa shape index (κ2) is 12.7. The first kappa shape index (κ1) is 28.6. The van der Waals surface area contributed by atoms with Crippen LogP contribution in [0.15, 0.2) is 43.1 Å². The van der Waals surface area contributed by atoms with Gasteiger partial charge in [0.1, 0.15) is 6.04 Å². The Labute approximate surface area is 242 Å². The Hall–Kier alpha value is -3.95. The second-order valence-corrected chi connectivity index (χ2v) is 11.8. The molecule has 41 heavy (non-hydrogen) atoms. The first-order valence-corrected chi connectivity index (χ1v) is 14.9. The van der Waals surface area contributed by atoms with Gasteiger partial charge in [0, 0.05) is 30.4 Å². The fraction of sp³-hybridized carbons (Fsp3) is 0.516. The van der Waals surface area contributed by atoms with Gasteiger partial charge in [0.25, 0.3) is 0 Å². The molecule has 2 fully saturated rings. The van der Waals surface area contributed by atoms with E-state index >= 15 is 0 Å². The van der Waals surface area contributed by atoms with E-state index in [4.69, 9.17) is 9.97 Å². The highest BCUT2D eigenvalue weighted by Crippen LogP contribution is 2.26. The van der Waals surface area contributed by atoms with Crippen LogP contribution < -0.4 is 16.0 Å². The molecule has 1 saturated carbocycles. The van der Waals surface area contributed by atoms with Crippen LogP contribution in [0.25, 0.3) is 5.65 Å². The molecule has 3 heterocycles. The van der Waals surface area contributed by atoms with Crippen molar-refractivity contribution in [1.82, 2.24) is 24.5 Å². The van der Waals surface area contributed by atoms with Crippen LogP contribution in [0.1, 0.15) is 82.8 Å². The van der Waals surface area contributed by atoms with E-state index in [9.17, 15) is 9.59 Å². The number of fused-ring (bicyclic) bond motifs is 1. The molecule has 1 aliphatic heterocycles. The average molecular weight is 559 g/mol. The van der Waals surface area contributed by atoms with Gasteiger partial charge in [-0.25, -0.2) is 0 Å². The molecule has 0 bridgehead atoms. The summed E-state index contributed by atoms with van der Waals surface area (Å²) < 4.78 is 1.77. The molecule has 2 unspecified atom stereocenters. The smallest absolute Gasteiger partial charge is 0.247 e. The zero-order valence-electron chi connectivity index (χ0n) is 24.4. The van der Waals surface area contributed by atoms with Gasteiger partial charge in [0.05, 0.1) is 6.20 Å². The van der Waals surface area contributed by atoms with E-state index in [1.165, 1.54) is 25.3 Å². The molecule has 2 aromatic heterocycles. The Morgan fingerprint density at radius 3 is 2.71 bits per heavy atom. The number of hydrogen-bond acceptors (Lipinski definition) is 7. The summed E-state index contributed by atoms with van der Waals surface area (Å²) in [5, 5.41) is 14.6.